The van der Waals surface area contributed by atoms with Crippen LogP contribution in [0.3, 0.4) is 0 Å². The highest BCUT2D eigenvalue weighted by molar-refractivity contribution is 5.70. The fraction of sp³-hybridized carbons (Fsp3) is 0.941. The van der Waals surface area contributed by atoms with Crippen LogP contribution < -0.4 is 0 Å². The predicted octanol–water partition coefficient (Wildman–Crippen LogP) is 4.20. The number of rotatable bonds is 3. The topological polar surface area (TPSA) is 37.3 Å². The third-order valence-corrected chi connectivity index (χ3v) is 6.27. The summed E-state index contributed by atoms with van der Waals surface area (Å²) in [5.74, 6) is 3.61. The minimum atomic E-state index is -0.582. The van der Waals surface area contributed by atoms with Crippen LogP contribution in [0.1, 0.15) is 59.3 Å². The monoisotopic (exact) mass is 264 g/mol. The Morgan fingerprint density at radius 1 is 1.05 bits per heavy atom. The Hall–Kier alpha value is -0.530. The zero-order valence-electron chi connectivity index (χ0n) is 12.6. The van der Waals surface area contributed by atoms with Crippen molar-refractivity contribution in [2.45, 2.75) is 59.3 Å². The third-order valence-electron chi connectivity index (χ3n) is 6.27. The first-order valence-electron chi connectivity index (χ1n) is 8.07. The van der Waals surface area contributed by atoms with Crippen LogP contribution in [0.15, 0.2) is 0 Å². The van der Waals surface area contributed by atoms with E-state index in [2.05, 4.69) is 20.8 Å². The van der Waals surface area contributed by atoms with E-state index in [4.69, 9.17) is 0 Å². The molecule has 2 nitrogen and oxygen atoms in total. The summed E-state index contributed by atoms with van der Waals surface area (Å²) in [6, 6.07) is 0. The lowest BCUT2D eigenvalue weighted by Crippen LogP contribution is -2.47. The standard InChI is InChI=1S/C17H28O2/c1-17(2,3)15(16(18)19)9-14-12-5-10-4-11(7-12)8-13(14)6-10/h10-15H,4-9H2,1-3H3,(H,18,19). The van der Waals surface area contributed by atoms with Crippen molar-refractivity contribution in [1.82, 2.24) is 0 Å². The van der Waals surface area contributed by atoms with E-state index in [9.17, 15) is 9.90 Å². The summed E-state index contributed by atoms with van der Waals surface area (Å²) in [5.41, 5.74) is -0.111. The Kier molecular flexibility index (Phi) is 3.18. The molecule has 0 aromatic heterocycles. The number of hydrogen-bond donors (Lipinski definition) is 1. The van der Waals surface area contributed by atoms with Gasteiger partial charge in [0.25, 0.3) is 0 Å². The number of carbonyl (C=O) groups is 1. The lowest BCUT2D eigenvalue weighted by Gasteiger charge is -2.55. The fourth-order valence-electron chi connectivity index (χ4n) is 5.52. The second-order valence-corrected chi connectivity index (χ2v) is 8.59. The Bertz CT molecular complexity index is 338. The van der Waals surface area contributed by atoms with E-state index < -0.39 is 5.97 Å². The summed E-state index contributed by atoms with van der Waals surface area (Å²) in [5, 5.41) is 9.56. The smallest absolute Gasteiger partial charge is 0.307 e. The molecule has 0 aromatic carbocycles. The van der Waals surface area contributed by atoms with Gasteiger partial charge in [0.1, 0.15) is 0 Å². The van der Waals surface area contributed by atoms with E-state index >= 15 is 0 Å². The molecule has 4 saturated carbocycles. The molecule has 0 radical (unpaired) electrons. The van der Waals surface area contributed by atoms with Gasteiger partial charge in [-0.3, -0.25) is 4.79 Å². The van der Waals surface area contributed by atoms with Crippen molar-refractivity contribution in [2.24, 2.45) is 40.9 Å². The Labute approximate surface area is 117 Å². The second kappa shape index (κ2) is 4.49. The minimum Gasteiger partial charge on any atom is -0.481 e. The first-order chi connectivity index (χ1) is 8.84. The number of carboxylic acids is 1. The molecule has 108 valence electrons. The molecule has 0 heterocycles. The molecule has 4 bridgehead atoms. The number of carboxylic acid groups (broad SMARTS) is 1. The van der Waals surface area contributed by atoms with Crippen molar-refractivity contribution in [3.63, 3.8) is 0 Å². The van der Waals surface area contributed by atoms with Gasteiger partial charge in [0.05, 0.1) is 5.92 Å². The molecule has 0 aromatic rings. The van der Waals surface area contributed by atoms with Crippen LogP contribution in [0, 0.1) is 40.9 Å². The molecule has 1 unspecified atom stereocenters. The number of hydrogen-bond acceptors (Lipinski definition) is 1. The molecular weight excluding hydrogens is 236 g/mol. The van der Waals surface area contributed by atoms with Crippen molar-refractivity contribution in [3.8, 4) is 0 Å². The predicted molar refractivity (Wildman–Crippen MR) is 75.7 cm³/mol. The highest BCUT2D eigenvalue weighted by atomic mass is 16.4. The average molecular weight is 264 g/mol. The van der Waals surface area contributed by atoms with E-state index in [0.29, 0.717) is 5.92 Å². The van der Waals surface area contributed by atoms with Crippen LogP contribution in [-0.2, 0) is 4.79 Å². The van der Waals surface area contributed by atoms with Crippen LogP contribution in [-0.4, -0.2) is 11.1 Å². The molecule has 0 spiro atoms. The molecular formula is C17H28O2. The van der Waals surface area contributed by atoms with Crippen molar-refractivity contribution >= 4 is 5.97 Å². The Morgan fingerprint density at radius 3 is 1.89 bits per heavy atom. The zero-order chi connectivity index (χ0) is 13.8. The Morgan fingerprint density at radius 2 is 1.53 bits per heavy atom. The first-order valence-corrected chi connectivity index (χ1v) is 8.07. The fourth-order valence-corrected chi connectivity index (χ4v) is 5.52. The maximum Gasteiger partial charge on any atom is 0.307 e. The van der Waals surface area contributed by atoms with E-state index in [1.807, 2.05) is 0 Å². The molecule has 0 amide bonds. The van der Waals surface area contributed by atoms with Gasteiger partial charge in [-0.15, -0.1) is 0 Å². The average Bonchev–Trinajstić information content (AvgIpc) is 2.24. The van der Waals surface area contributed by atoms with Gasteiger partial charge in [-0.05, 0) is 73.5 Å². The van der Waals surface area contributed by atoms with Gasteiger partial charge in [0, 0.05) is 0 Å². The molecule has 4 fully saturated rings. The van der Waals surface area contributed by atoms with Crippen molar-refractivity contribution in [1.29, 1.82) is 0 Å². The van der Waals surface area contributed by atoms with Crippen LogP contribution in [0.5, 0.6) is 0 Å². The highest BCUT2D eigenvalue weighted by Crippen LogP contribution is 2.58. The zero-order valence-corrected chi connectivity index (χ0v) is 12.6. The van der Waals surface area contributed by atoms with E-state index in [1.54, 1.807) is 0 Å². The van der Waals surface area contributed by atoms with E-state index in [1.165, 1.54) is 32.1 Å². The van der Waals surface area contributed by atoms with Crippen molar-refractivity contribution in [3.05, 3.63) is 0 Å². The van der Waals surface area contributed by atoms with Crippen LogP contribution in [0.25, 0.3) is 0 Å². The third kappa shape index (κ3) is 2.43. The molecule has 0 saturated heterocycles. The largest absolute Gasteiger partial charge is 0.481 e. The highest BCUT2D eigenvalue weighted by Gasteiger charge is 2.49. The summed E-state index contributed by atoms with van der Waals surface area (Å²) in [4.78, 5) is 11.6. The minimum absolute atomic E-state index is 0.111. The molecule has 4 aliphatic carbocycles. The number of aliphatic carboxylic acids is 1. The maximum absolute atomic E-state index is 11.6. The van der Waals surface area contributed by atoms with Crippen LogP contribution >= 0.6 is 0 Å². The normalized spacial score (nSPS) is 42.4. The quantitative estimate of drug-likeness (QED) is 0.829. The van der Waals surface area contributed by atoms with Gasteiger partial charge >= 0.3 is 5.97 Å². The second-order valence-electron chi connectivity index (χ2n) is 8.59. The molecule has 0 aliphatic heterocycles. The van der Waals surface area contributed by atoms with Gasteiger partial charge in [0.15, 0.2) is 0 Å². The van der Waals surface area contributed by atoms with Gasteiger partial charge in [0.2, 0.25) is 0 Å². The summed E-state index contributed by atoms with van der Waals surface area (Å²) in [7, 11) is 0. The molecule has 4 rings (SSSR count). The van der Waals surface area contributed by atoms with Crippen LogP contribution in [0.2, 0.25) is 0 Å². The van der Waals surface area contributed by atoms with E-state index in [0.717, 1.165) is 30.1 Å². The molecule has 4 aliphatic rings. The first kappa shape index (κ1) is 13.5. The summed E-state index contributed by atoms with van der Waals surface area (Å²) >= 11 is 0. The molecule has 1 atom stereocenters. The summed E-state index contributed by atoms with van der Waals surface area (Å²) < 4.78 is 0. The van der Waals surface area contributed by atoms with Crippen molar-refractivity contribution < 1.29 is 9.90 Å². The van der Waals surface area contributed by atoms with Gasteiger partial charge < -0.3 is 5.11 Å². The van der Waals surface area contributed by atoms with E-state index in [-0.39, 0.29) is 11.3 Å². The van der Waals surface area contributed by atoms with Crippen LogP contribution in [0.4, 0.5) is 0 Å². The lowest BCUT2D eigenvalue weighted by molar-refractivity contribution is -0.148. The summed E-state index contributed by atoms with van der Waals surface area (Å²) in [6.45, 7) is 6.26. The molecule has 2 heteroatoms. The molecule has 19 heavy (non-hydrogen) atoms. The van der Waals surface area contributed by atoms with Gasteiger partial charge in [-0.2, -0.15) is 0 Å². The van der Waals surface area contributed by atoms with Crippen molar-refractivity contribution in [2.75, 3.05) is 0 Å². The van der Waals surface area contributed by atoms with Gasteiger partial charge in [-0.25, -0.2) is 0 Å². The lowest BCUT2D eigenvalue weighted by atomic mass is 9.50. The SMILES string of the molecule is CC(C)(C)C(CC1C2CC3CC(C2)CC1C3)C(=O)O. The molecule has 1 N–H and O–H groups in total. The van der Waals surface area contributed by atoms with Gasteiger partial charge in [-0.1, -0.05) is 20.8 Å². The maximum atomic E-state index is 11.6. The Balaban J connectivity index is 1.74. The summed E-state index contributed by atoms with van der Waals surface area (Å²) in [6.07, 6.45) is 7.99.